The predicted molar refractivity (Wildman–Crippen MR) is 74.1 cm³/mol. The quantitative estimate of drug-likeness (QED) is 0.573. The fourth-order valence-electron chi connectivity index (χ4n) is 2.24. The maximum Gasteiger partial charge on any atom is 0.452 e. The molecular formula is C14H8F3N5O2. The van der Waals surface area contributed by atoms with E-state index < -0.39 is 12.0 Å². The minimum Gasteiger partial charge on any atom is -0.472 e. The maximum absolute atomic E-state index is 13.2. The number of hydrogen-bond donors (Lipinski definition) is 0. The molecule has 0 bridgehead atoms. The number of rotatable bonds is 3. The van der Waals surface area contributed by atoms with Crippen LogP contribution < -0.4 is 4.74 Å². The molecule has 0 fully saturated rings. The number of hydrogen-bond acceptors (Lipinski definition) is 6. The predicted octanol–water partition coefficient (Wildman–Crippen LogP) is 2.86. The van der Waals surface area contributed by atoms with Crippen molar-refractivity contribution < 1.29 is 22.3 Å². The summed E-state index contributed by atoms with van der Waals surface area (Å²) in [6.07, 6.45) is -0.391. The molecule has 4 heterocycles. The summed E-state index contributed by atoms with van der Waals surface area (Å²) in [4.78, 5) is 8.15. The molecule has 0 aliphatic carbocycles. The van der Waals surface area contributed by atoms with Crippen molar-refractivity contribution in [2.45, 2.75) is 12.8 Å². The topological polar surface area (TPSA) is 78.3 Å². The molecule has 0 radical (unpaired) electrons. The van der Waals surface area contributed by atoms with Gasteiger partial charge in [-0.3, -0.25) is 0 Å². The largest absolute Gasteiger partial charge is 0.472 e. The summed E-state index contributed by atoms with van der Waals surface area (Å²) in [6.45, 7) is 0.0686. The number of ether oxygens (including phenoxy) is 1. The first kappa shape index (κ1) is 14.4. The molecule has 4 rings (SSSR count). The van der Waals surface area contributed by atoms with E-state index in [2.05, 4.69) is 20.2 Å². The van der Waals surface area contributed by atoms with Crippen LogP contribution in [-0.2, 0) is 12.8 Å². The van der Waals surface area contributed by atoms with E-state index in [0.717, 1.165) is 4.40 Å². The SMILES string of the molecule is FC(F)(F)c1nnc2c(OCc3ccoc3)nc3cccnc3n12. The Morgan fingerprint density at radius 3 is 2.79 bits per heavy atom. The molecule has 0 unspecified atom stereocenters. The average molecular weight is 335 g/mol. The summed E-state index contributed by atoms with van der Waals surface area (Å²) >= 11 is 0. The van der Waals surface area contributed by atoms with E-state index in [0.29, 0.717) is 5.56 Å². The van der Waals surface area contributed by atoms with Crippen LogP contribution in [0.3, 0.4) is 0 Å². The van der Waals surface area contributed by atoms with Gasteiger partial charge in [0.2, 0.25) is 11.5 Å². The third-order valence-electron chi connectivity index (χ3n) is 3.26. The van der Waals surface area contributed by atoms with E-state index in [9.17, 15) is 13.2 Å². The van der Waals surface area contributed by atoms with Gasteiger partial charge in [0.15, 0.2) is 5.65 Å². The summed E-state index contributed by atoms with van der Waals surface area (Å²) in [6, 6.07) is 4.77. The Balaban J connectivity index is 1.91. The van der Waals surface area contributed by atoms with Gasteiger partial charge in [-0.25, -0.2) is 14.4 Å². The van der Waals surface area contributed by atoms with Gasteiger partial charge in [-0.05, 0) is 18.2 Å². The number of nitrogens with zero attached hydrogens (tertiary/aromatic N) is 5. The summed E-state index contributed by atoms with van der Waals surface area (Å²) in [5, 5.41) is 6.81. The number of alkyl halides is 3. The third kappa shape index (κ3) is 2.32. The Kier molecular flexibility index (Phi) is 3.12. The van der Waals surface area contributed by atoms with Gasteiger partial charge in [0.1, 0.15) is 12.1 Å². The van der Waals surface area contributed by atoms with Crippen molar-refractivity contribution >= 4 is 16.8 Å². The molecule has 4 aromatic heterocycles. The van der Waals surface area contributed by atoms with Crippen LogP contribution in [-0.4, -0.2) is 24.6 Å². The lowest BCUT2D eigenvalue weighted by atomic mass is 10.4. The summed E-state index contributed by atoms with van der Waals surface area (Å²) < 4.78 is 50.8. The van der Waals surface area contributed by atoms with Crippen LogP contribution in [0.5, 0.6) is 5.88 Å². The van der Waals surface area contributed by atoms with Crippen molar-refractivity contribution in [3.05, 3.63) is 48.3 Å². The normalized spacial score (nSPS) is 12.1. The molecule has 4 aromatic rings. The summed E-state index contributed by atoms with van der Waals surface area (Å²) in [5.41, 5.74) is 0.784. The standard InChI is InChI=1S/C14H8F3N5O2/c15-14(16,17)13-21-20-11-12(24-7-8-3-5-23-6-8)19-9-2-1-4-18-10(9)22(11)13/h1-6H,7H2. The van der Waals surface area contributed by atoms with Crippen LogP contribution in [0.2, 0.25) is 0 Å². The zero-order chi connectivity index (χ0) is 16.7. The van der Waals surface area contributed by atoms with E-state index in [-0.39, 0.29) is 29.3 Å². The average Bonchev–Trinajstić information content (AvgIpc) is 3.21. The van der Waals surface area contributed by atoms with Gasteiger partial charge >= 0.3 is 6.18 Å². The van der Waals surface area contributed by atoms with Crippen LogP contribution >= 0.6 is 0 Å². The number of aromatic nitrogens is 5. The van der Waals surface area contributed by atoms with Crippen molar-refractivity contribution in [2.24, 2.45) is 0 Å². The van der Waals surface area contributed by atoms with Gasteiger partial charge in [-0.2, -0.15) is 13.2 Å². The van der Waals surface area contributed by atoms with E-state index in [1.54, 1.807) is 12.1 Å². The maximum atomic E-state index is 13.2. The molecule has 0 aromatic carbocycles. The third-order valence-corrected chi connectivity index (χ3v) is 3.26. The molecule has 10 heteroatoms. The zero-order valence-corrected chi connectivity index (χ0v) is 11.9. The molecule has 24 heavy (non-hydrogen) atoms. The second-order valence-electron chi connectivity index (χ2n) is 4.86. The Labute approximate surface area is 131 Å². The summed E-state index contributed by atoms with van der Waals surface area (Å²) in [5.74, 6) is -1.25. The first-order chi connectivity index (χ1) is 11.5. The molecule has 122 valence electrons. The van der Waals surface area contributed by atoms with Crippen molar-refractivity contribution in [1.29, 1.82) is 0 Å². The van der Waals surface area contributed by atoms with Crippen LogP contribution in [0.4, 0.5) is 13.2 Å². The highest BCUT2D eigenvalue weighted by Crippen LogP contribution is 2.31. The van der Waals surface area contributed by atoms with E-state index in [1.165, 1.54) is 24.8 Å². The van der Waals surface area contributed by atoms with Crippen molar-refractivity contribution in [3.8, 4) is 5.88 Å². The smallest absolute Gasteiger partial charge is 0.452 e. The highest BCUT2D eigenvalue weighted by molar-refractivity contribution is 5.76. The number of furan rings is 1. The molecule has 0 amide bonds. The van der Waals surface area contributed by atoms with Crippen LogP contribution in [0.1, 0.15) is 11.4 Å². The fourth-order valence-corrected chi connectivity index (χ4v) is 2.24. The lowest BCUT2D eigenvalue weighted by molar-refractivity contribution is -0.145. The van der Waals surface area contributed by atoms with Crippen LogP contribution in [0.15, 0.2) is 41.3 Å². The molecule has 0 atom stereocenters. The number of halogens is 3. The van der Waals surface area contributed by atoms with E-state index >= 15 is 0 Å². The zero-order valence-electron chi connectivity index (χ0n) is 11.9. The highest BCUT2D eigenvalue weighted by atomic mass is 19.4. The van der Waals surface area contributed by atoms with Crippen LogP contribution in [0.25, 0.3) is 16.8 Å². The van der Waals surface area contributed by atoms with Gasteiger partial charge in [-0.15, -0.1) is 10.2 Å². The van der Waals surface area contributed by atoms with Crippen molar-refractivity contribution in [1.82, 2.24) is 24.6 Å². The molecule has 0 aliphatic rings. The number of pyridine rings is 1. The lowest BCUT2D eigenvalue weighted by Gasteiger charge is -2.09. The fraction of sp³-hybridized carbons (Fsp3) is 0.143. The monoisotopic (exact) mass is 335 g/mol. The Bertz CT molecular complexity index is 1010. The lowest BCUT2D eigenvalue weighted by Crippen LogP contribution is -2.12. The molecule has 7 nitrogen and oxygen atoms in total. The number of fused-ring (bicyclic) bond motifs is 3. The minimum atomic E-state index is -4.69. The summed E-state index contributed by atoms with van der Waals surface area (Å²) in [7, 11) is 0. The van der Waals surface area contributed by atoms with Gasteiger partial charge < -0.3 is 9.15 Å². The van der Waals surface area contributed by atoms with Gasteiger partial charge in [0, 0.05) is 11.8 Å². The van der Waals surface area contributed by atoms with Crippen molar-refractivity contribution in [3.63, 3.8) is 0 Å². The van der Waals surface area contributed by atoms with Gasteiger partial charge in [0.05, 0.1) is 12.5 Å². The first-order valence-corrected chi connectivity index (χ1v) is 6.75. The molecule has 0 saturated carbocycles. The second-order valence-corrected chi connectivity index (χ2v) is 4.86. The Morgan fingerprint density at radius 2 is 2.04 bits per heavy atom. The van der Waals surface area contributed by atoms with E-state index in [4.69, 9.17) is 9.15 Å². The molecular weight excluding hydrogens is 327 g/mol. The second kappa shape index (κ2) is 5.18. The van der Waals surface area contributed by atoms with Gasteiger partial charge in [-0.1, -0.05) is 0 Å². The molecule has 0 aliphatic heterocycles. The van der Waals surface area contributed by atoms with E-state index in [1.807, 2.05) is 0 Å². The Morgan fingerprint density at radius 1 is 1.17 bits per heavy atom. The minimum absolute atomic E-state index is 0.000450. The molecule has 0 spiro atoms. The van der Waals surface area contributed by atoms with Crippen LogP contribution in [0, 0.1) is 0 Å². The molecule has 0 N–H and O–H groups in total. The van der Waals surface area contributed by atoms with Crippen molar-refractivity contribution in [2.75, 3.05) is 0 Å². The van der Waals surface area contributed by atoms with Gasteiger partial charge in [0.25, 0.3) is 5.88 Å². The molecule has 0 saturated heterocycles. The first-order valence-electron chi connectivity index (χ1n) is 6.75. The Hall–Kier alpha value is -3.17. The highest BCUT2D eigenvalue weighted by Gasteiger charge is 2.38.